The van der Waals surface area contributed by atoms with Gasteiger partial charge in [0.05, 0.1) is 22.4 Å². The summed E-state index contributed by atoms with van der Waals surface area (Å²) < 4.78 is 2.43. The van der Waals surface area contributed by atoms with Gasteiger partial charge in [-0.05, 0) is 98.8 Å². The zero-order valence-corrected chi connectivity index (χ0v) is 30.9. The minimum Gasteiger partial charge on any atom is -0.310 e. The third-order valence-electron chi connectivity index (χ3n) is 12.0. The second kappa shape index (κ2) is 12.1. The molecule has 0 saturated carbocycles. The molecule has 0 unspecified atom stereocenters. The molecule has 2 heteroatoms. The van der Waals surface area contributed by atoms with Gasteiger partial charge in [-0.3, -0.25) is 0 Å². The van der Waals surface area contributed by atoms with E-state index in [4.69, 9.17) is 0 Å². The van der Waals surface area contributed by atoms with E-state index >= 15 is 0 Å². The van der Waals surface area contributed by atoms with Crippen LogP contribution in [-0.2, 0) is 5.41 Å². The lowest BCUT2D eigenvalue weighted by atomic mass is 9.82. The van der Waals surface area contributed by atoms with Gasteiger partial charge in [0.1, 0.15) is 0 Å². The molecule has 11 rings (SSSR count). The van der Waals surface area contributed by atoms with Crippen LogP contribution in [0.4, 0.5) is 17.1 Å². The molecule has 0 saturated heterocycles. The molecule has 260 valence electrons. The Bertz CT molecular complexity index is 3120. The molecule has 0 bridgehead atoms. The molecule has 2 nitrogen and oxygen atoms in total. The van der Waals surface area contributed by atoms with Gasteiger partial charge in [0.15, 0.2) is 0 Å². The second-order valence-electron chi connectivity index (χ2n) is 15.4. The largest absolute Gasteiger partial charge is 0.310 e. The maximum Gasteiger partial charge on any atom is 0.0541 e. The first-order valence-corrected chi connectivity index (χ1v) is 19.2. The standard InChI is InChI=1S/C53H38N2/c1-53(2)47-21-9-7-19-43(47)45-34-40(30-31-48(45)53)54(49-23-11-15-36-13-3-5-17-41(36)49)39-28-25-35(26-29-39)38-27-32-52-46(33-38)44-20-8-10-22-51(44)55(52)50-24-12-16-37-14-4-6-18-42(37)50/h3-34H,1-2H3. The molecular formula is C53H38N2. The Morgan fingerprint density at radius 2 is 1.00 bits per heavy atom. The van der Waals surface area contributed by atoms with Crippen molar-refractivity contribution in [3.8, 4) is 27.9 Å². The van der Waals surface area contributed by atoms with Gasteiger partial charge in [0.2, 0.25) is 0 Å². The van der Waals surface area contributed by atoms with Crippen LogP contribution < -0.4 is 4.90 Å². The van der Waals surface area contributed by atoms with E-state index in [1.165, 1.54) is 88.1 Å². The van der Waals surface area contributed by atoms with Crippen molar-refractivity contribution < 1.29 is 0 Å². The van der Waals surface area contributed by atoms with Crippen molar-refractivity contribution in [3.05, 3.63) is 205 Å². The summed E-state index contributed by atoms with van der Waals surface area (Å²) in [6.45, 7) is 4.69. The van der Waals surface area contributed by atoms with Crippen LogP contribution in [0.25, 0.3) is 71.3 Å². The average Bonchev–Trinajstić information content (AvgIpc) is 3.68. The number of fused-ring (bicyclic) bond motifs is 8. The van der Waals surface area contributed by atoms with E-state index in [-0.39, 0.29) is 5.41 Å². The van der Waals surface area contributed by atoms with Gasteiger partial charge >= 0.3 is 0 Å². The van der Waals surface area contributed by atoms with E-state index in [0.717, 1.165) is 11.4 Å². The molecule has 55 heavy (non-hydrogen) atoms. The summed E-state index contributed by atoms with van der Waals surface area (Å²) in [5, 5.41) is 7.46. The normalized spacial score (nSPS) is 13.1. The molecule has 1 heterocycles. The highest BCUT2D eigenvalue weighted by molar-refractivity contribution is 6.12. The fourth-order valence-electron chi connectivity index (χ4n) is 9.30. The first kappa shape index (κ1) is 31.6. The Balaban J connectivity index is 1.05. The lowest BCUT2D eigenvalue weighted by Crippen LogP contribution is -2.15. The molecule has 9 aromatic carbocycles. The summed E-state index contributed by atoms with van der Waals surface area (Å²) in [4.78, 5) is 2.43. The fourth-order valence-corrected chi connectivity index (χ4v) is 9.30. The lowest BCUT2D eigenvalue weighted by molar-refractivity contribution is 0.660. The first-order valence-electron chi connectivity index (χ1n) is 19.2. The van der Waals surface area contributed by atoms with Gasteiger partial charge in [0.25, 0.3) is 0 Å². The van der Waals surface area contributed by atoms with Crippen LogP contribution >= 0.6 is 0 Å². The maximum atomic E-state index is 2.43. The molecule has 0 spiro atoms. The van der Waals surface area contributed by atoms with Crippen LogP contribution in [-0.4, -0.2) is 4.57 Å². The van der Waals surface area contributed by atoms with Gasteiger partial charge in [-0.25, -0.2) is 0 Å². The number of hydrogen-bond donors (Lipinski definition) is 0. The molecule has 0 fully saturated rings. The third-order valence-corrected chi connectivity index (χ3v) is 12.0. The highest BCUT2D eigenvalue weighted by atomic mass is 15.1. The lowest BCUT2D eigenvalue weighted by Gasteiger charge is -2.28. The fraction of sp³-hybridized carbons (Fsp3) is 0.0566. The number of para-hydroxylation sites is 1. The highest BCUT2D eigenvalue weighted by Crippen LogP contribution is 2.51. The van der Waals surface area contributed by atoms with E-state index in [1.54, 1.807) is 0 Å². The number of rotatable bonds is 5. The van der Waals surface area contributed by atoms with Gasteiger partial charge < -0.3 is 9.47 Å². The third kappa shape index (κ3) is 4.81. The summed E-state index contributed by atoms with van der Waals surface area (Å²) in [6, 6.07) is 71.4. The molecule has 0 amide bonds. The van der Waals surface area contributed by atoms with Gasteiger partial charge in [-0.15, -0.1) is 0 Å². The summed E-state index contributed by atoms with van der Waals surface area (Å²) >= 11 is 0. The van der Waals surface area contributed by atoms with E-state index in [9.17, 15) is 0 Å². The zero-order chi connectivity index (χ0) is 36.7. The van der Waals surface area contributed by atoms with Crippen molar-refractivity contribution in [1.29, 1.82) is 0 Å². The Kier molecular flexibility index (Phi) is 6.93. The molecule has 10 aromatic rings. The molecular weight excluding hydrogens is 665 g/mol. The van der Waals surface area contributed by atoms with Gasteiger partial charge in [0, 0.05) is 38.3 Å². The van der Waals surface area contributed by atoms with Crippen LogP contribution in [0.1, 0.15) is 25.0 Å². The highest BCUT2D eigenvalue weighted by Gasteiger charge is 2.35. The molecule has 0 radical (unpaired) electrons. The topological polar surface area (TPSA) is 8.17 Å². The predicted octanol–water partition coefficient (Wildman–Crippen LogP) is 14.5. The SMILES string of the molecule is CC1(C)c2ccccc2-c2cc(N(c3ccc(-c4ccc5c(c4)c4ccccc4n5-c4cccc5ccccc45)cc3)c3cccc4ccccc34)ccc21. The number of anilines is 3. The Morgan fingerprint density at radius 1 is 0.400 bits per heavy atom. The smallest absolute Gasteiger partial charge is 0.0541 e. The summed E-state index contributed by atoms with van der Waals surface area (Å²) in [7, 11) is 0. The van der Waals surface area contributed by atoms with Crippen molar-refractivity contribution >= 4 is 60.4 Å². The van der Waals surface area contributed by atoms with Crippen LogP contribution in [0.15, 0.2) is 194 Å². The molecule has 0 atom stereocenters. The molecule has 1 aromatic heterocycles. The number of nitrogens with zero attached hydrogens (tertiary/aromatic N) is 2. The first-order chi connectivity index (χ1) is 27.0. The summed E-state index contributed by atoms with van der Waals surface area (Å²) in [5.41, 5.74) is 14.8. The van der Waals surface area contributed by atoms with Gasteiger partial charge in [-0.1, -0.05) is 153 Å². The quantitative estimate of drug-likeness (QED) is 0.173. The van der Waals surface area contributed by atoms with Crippen molar-refractivity contribution in [2.24, 2.45) is 0 Å². The van der Waals surface area contributed by atoms with E-state index in [1.807, 2.05) is 0 Å². The van der Waals surface area contributed by atoms with Crippen molar-refractivity contribution in [3.63, 3.8) is 0 Å². The zero-order valence-electron chi connectivity index (χ0n) is 30.9. The monoisotopic (exact) mass is 702 g/mol. The summed E-state index contributed by atoms with van der Waals surface area (Å²) in [5.74, 6) is 0. The Hall–Kier alpha value is -6.90. The van der Waals surface area contributed by atoms with Crippen LogP contribution in [0, 0.1) is 0 Å². The molecule has 0 aliphatic heterocycles. The van der Waals surface area contributed by atoms with E-state index < -0.39 is 0 Å². The van der Waals surface area contributed by atoms with Crippen LogP contribution in [0.3, 0.4) is 0 Å². The van der Waals surface area contributed by atoms with E-state index in [0.29, 0.717) is 0 Å². The van der Waals surface area contributed by atoms with Crippen LogP contribution in [0.5, 0.6) is 0 Å². The molecule has 1 aliphatic carbocycles. The Labute approximate surface area is 321 Å². The second-order valence-corrected chi connectivity index (χ2v) is 15.4. The number of hydrogen-bond acceptors (Lipinski definition) is 1. The van der Waals surface area contributed by atoms with E-state index in [2.05, 4.69) is 217 Å². The minimum absolute atomic E-state index is 0.0430. The van der Waals surface area contributed by atoms with Crippen molar-refractivity contribution in [2.75, 3.05) is 4.90 Å². The Morgan fingerprint density at radius 3 is 1.84 bits per heavy atom. The molecule has 1 aliphatic rings. The number of benzene rings is 9. The van der Waals surface area contributed by atoms with Gasteiger partial charge in [-0.2, -0.15) is 0 Å². The number of aromatic nitrogens is 1. The maximum absolute atomic E-state index is 2.43. The van der Waals surface area contributed by atoms with Crippen LogP contribution in [0.2, 0.25) is 0 Å². The summed E-state index contributed by atoms with van der Waals surface area (Å²) in [6.07, 6.45) is 0. The molecule has 0 N–H and O–H groups in total. The predicted molar refractivity (Wildman–Crippen MR) is 233 cm³/mol. The van der Waals surface area contributed by atoms with Crippen molar-refractivity contribution in [1.82, 2.24) is 4.57 Å². The minimum atomic E-state index is -0.0430. The average molecular weight is 703 g/mol. The van der Waals surface area contributed by atoms with Crippen molar-refractivity contribution in [2.45, 2.75) is 19.3 Å².